The maximum atomic E-state index is 10.4. The van der Waals surface area contributed by atoms with Gasteiger partial charge in [-0.2, -0.15) is 58.8 Å². The van der Waals surface area contributed by atoms with Crippen LogP contribution in [0.5, 0.6) is 0 Å². The number of rotatable bonds is 0. The lowest BCUT2D eigenvalue weighted by Gasteiger charge is -2.10. The van der Waals surface area contributed by atoms with E-state index in [0.717, 1.165) is 213 Å². The molecule has 0 aliphatic carbocycles. The van der Waals surface area contributed by atoms with Crippen molar-refractivity contribution in [2.45, 2.75) is 257 Å². The molecule has 0 aromatic rings. The normalized spacial score (nSPS) is 22.6. The molecule has 18 fully saturated rings. The third kappa shape index (κ3) is 125. The largest absolute Gasteiger partial charge is 0.466 e. The molecule has 38 heteroatoms. The fourth-order valence-corrected chi connectivity index (χ4v) is 21.4. The van der Waals surface area contributed by atoms with Crippen molar-refractivity contribution in [1.29, 1.82) is 0 Å². The van der Waals surface area contributed by atoms with Gasteiger partial charge in [-0.15, -0.1) is 0 Å². The zero-order chi connectivity index (χ0) is 105. The first-order valence-corrected chi connectivity index (χ1v) is 66.3. The molecular weight excluding hydrogens is 2030 g/mol. The molecule has 856 valence electrons. The van der Waals surface area contributed by atoms with Gasteiger partial charge in [0.05, 0.1) is 52.1 Å². The Morgan fingerprint density at radius 2 is 0.660 bits per heavy atom. The number of carbonyl (C=O) groups excluding carboxylic acids is 7. The van der Waals surface area contributed by atoms with Crippen molar-refractivity contribution >= 4 is 146 Å². The number of esters is 1. The van der Waals surface area contributed by atoms with E-state index in [0.29, 0.717) is 43.0 Å². The molecule has 18 saturated heterocycles. The van der Waals surface area contributed by atoms with Crippen molar-refractivity contribution in [3.8, 4) is 0 Å². The molecule has 24 aliphatic rings. The number of hydrogen-bond acceptors (Lipinski definition) is 34. The second-order valence-electron chi connectivity index (χ2n) is 35.9. The lowest BCUT2D eigenvalue weighted by Crippen LogP contribution is -2.36. The predicted molar refractivity (Wildman–Crippen MR) is 641 cm³/mol. The summed E-state index contributed by atoms with van der Waals surface area (Å²) in [4.78, 5) is 71.3. The summed E-state index contributed by atoms with van der Waals surface area (Å²) in [7, 11) is 0. The summed E-state index contributed by atoms with van der Waals surface area (Å²) >= 11 is 16.5. The number of piperidine rings is 1. The molecule has 24 rings (SSSR count). The molecule has 0 aromatic heterocycles. The van der Waals surface area contributed by atoms with Gasteiger partial charge in [-0.1, -0.05) is 148 Å². The van der Waals surface area contributed by atoms with Crippen molar-refractivity contribution in [2.24, 2.45) is 0 Å². The average molecular weight is 2240 g/mol. The average Bonchev–Trinajstić information content (AvgIpc) is 1.59. The van der Waals surface area contributed by atoms with Crippen LogP contribution in [0.1, 0.15) is 257 Å². The van der Waals surface area contributed by atoms with Gasteiger partial charge in [0.2, 0.25) is 23.6 Å². The van der Waals surface area contributed by atoms with Gasteiger partial charge in [0.25, 0.3) is 0 Å². The van der Waals surface area contributed by atoms with Crippen LogP contribution < -0.4 is 79.2 Å². The first kappa shape index (κ1) is 143. The molecule has 24 heterocycles. The monoisotopic (exact) mass is 2240 g/mol. The number of morpholine rings is 2. The number of cyclic esters (lactones) is 1. The van der Waals surface area contributed by atoms with Crippen molar-refractivity contribution < 1.29 is 66.2 Å². The van der Waals surface area contributed by atoms with E-state index >= 15 is 0 Å². The van der Waals surface area contributed by atoms with Crippen LogP contribution in [0.3, 0.4) is 0 Å². The van der Waals surface area contributed by atoms with Crippen LogP contribution in [0.15, 0.2) is 72.9 Å². The number of carbonyl (C=O) groups is 7. The molecule has 15 N–H and O–H groups in total. The van der Waals surface area contributed by atoms with Crippen LogP contribution in [0.2, 0.25) is 0 Å². The summed E-state index contributed by atoms with van der Waals surface area (Å²) in [6, 6.07) is 0. The van der Waals surface area contributed by atoms with E-state index in [4.69, 9.17) is 27.9 Å². The minimum atomic E-state index is -0.0463. The molecule has 4 amide bonds. The molecule has 0 unspecified atom stereocenters. The molecule has 0 radical (unpaired) electrons. The van der Waals surface area contributed by atoms with Crippen LogP contribution >= 0.6 is 106 Å². The third-order valence-electron chi connectivity index (χ3n) is 22.4. The van der Waals surface area contributed by atoms with Crippen LogP contribution in [0.25, 0.3) is 0 Å². The SMILES string of the molecule is C1=CCCNCC1.C1=CCNC1.C1=CCNCC1.C1=CCNCCC1.C1CCCNCC1.C1CCCOCC1.C1CCCSCC1.C1CCNC1.C1CCNCC1.C1CCOC1.C1CCSC1.C1CCSCC1.C1CNSCN1.C1COCCN1.C1COSC1.C1CSCCN1.C1CSCCO1.O=C1C=CCCN1.O=C1C=CCN1.O=C1CCCCS1.O=C1CCCN1.O=C1CCCO1.O=C1CCCS1.O=C1COCCN1. The zero-order valence-corrected chi connectivity index (χ0v) is 98.3. The minimum absolute atomic E-state index is 0.00810. The Hall–Kier alpha value is -2.40. The number of nitrogens with one attached hydrogen (secondary N) is 15. The summed E-state index contributed by atoms with van der Waals surface area (Å²) in [5.41, 5.74) is 0. The molecule has 0 atom stereocenters. The summed E-state index contributed by atoms with van der Waals surface area (Å²) in [6.07, 6.45) is 74.8. The highest BCUT2D eigenvalue weighted by Gasteiger charge is 2.12. The smallest absolute Gasteiger partial charge is 0.305 e. The van der Waals surface area contributed by atoms with Crippen LogP contribution in [-0.4, -0.2) is 357 Å². The van der Waals surface area contributed by atoms with E-state index in [2.05, 4.69) is 168 Å². The lowest BCUT2D eigenvalue weighted by atomic mass is 10.2. The van der Waals surface area contributed by atoms with Crippen molar-refractivity contribution in [1.82, 2.24) is 79.2 Å². The van der Waals surface area contributed by atoms with E-state index in [1.54, 1.807) is 36.1 Å². The maximum absolute atomic E-state index is 10.4. The van der Waals surface area contributed by atoms with Gasteiger partial charge in [-0.05, 0) is 298 Å². The number of allylic oxidation sites excluding steroid dienone is 1. The molecule has 24 aliphatic heterocycles. The highest BCUT2D eigenvalue weighted by atomic mass is 32.2. The van der Waals surface area contributed by atoms with Gasteiger partial charge in [0.15, 0.2) is 10.2 Å². The molecular formula is C109H207N15O14S9. The fraction of sp³-hybridized carbons (Fsp3) is 0.826. The summed E-state index contributed by atoms with van der Waals surface area (Å²) < 4.78 is 37.5. The Morgan fingerprint density at radius 3 is 0.946 bits per heavy atom. The number of amides is 4. The van der Waals surface area contributed by atoms with Gasteiger partial charge in [0.1, 0.15) is 6.61 Å². The van der Waals surface area contributed by atoms with Crippen LogP contribution in [0, 0.1) is 0 Å². The van der Waals surface area contributed by atoms with Crippen LogP contribution in [-0.2, 0) is 66.2 Å². The Bertz CT molecular complexity index is 2530. The van der Waals surface area contributed by atoms with E-state index in [1.165, 1.54) is 351 Å². The Kier molecular flexibility index (Phi) is 123. The van der Waals surface area contributed by atoms with E-state index < -0.39 is 0 Å². The Morgan fingerprint density at radius 1 is 0.224 bits per heavy atom. The molecule has 0 aromatic carbocycles. The highest BCUT2D eigenvalue weighted by molar-refractivity contribution is 8.14. The fourth-order valence-electron chi connectivity index (χ4n) is 14.0. The molecule has 0 bridgehead atoms. The second-order valence-corrected chi connectivity index (χ2v) is 46.1. The Labute approximate surface area is 931 Å². The first-order chi connectivity index (χ1) is 72.8. The van der Waals surface area contributed by atoms with Crippen molar-refractivity contribution in [3.05, 3.63) is 72.9 Å². The minimum Gasteiger partial charge on any atom is -0.466 e. The quantitative estimate of drug-likeness (QED) is 0.0463. The molecule has 29 nitrogen and oxygen atoms in total. The van der Waals surface area contributed by atoms with Gasteiger partial charge >= 0.3 is 5.97 Å². The summed E-state index contributed by atoms with van der Waals surface area (Å²) in [5.74, 6) is 18.1. The van der Waals surface area contributed by atoms with Gasteiger partial charge in [0, 0.05) is 190 Å². The Balaban J connectivity index is 0.000000767. The topological polar surface area (TPSA) is 365 Å². The van der Waals surface area contributed by atoms with Gasteiger partial charge in [-0.3, -0.25) is 38.3 Å². The van der Waals surface area contributed by atoms with Gasteiger partial charge in [-0.25, -0.2) is 0 Å². The zero-order valence-electron chi connectivity index (χ0n) is 91.0. The highest BCUT2D eigenvalue weighted by Crippen LogP contribution is 2.20. The van der Waals surface area contributed by atoms with E-state index in [-0.39, 0.29) is 36.2 Å². The lowest BCUT2D eigenvalue weighted by molar-refractivity contribution is -0.138. The standard InChI is InChI=1S/C6H13N.2C6H11N.C6H12O.C6H12S.C5H7NO.C5H11N.C5H9N.C5H8OS.C5H10S.C4H7NO2.C4H9NO.C4H7NO.C4H5NO.C4H9NS.C4H9N.C4H7N.C4H6O2.C4H8OS.C4H6OS.C4H8O.C4H8S.C3H8N2S.C3H6OS/c5*1-2-4-6-7-5-3-1;7-5-3-1-2-4-6-5;2*1-2-4-6-5-3-1;6-5-3-1-2-4-7-5;1-2-4-6-5-3-1;6-4-3-7-2-1-5-4;1-3-6-4-2-5-1;2*6-4-2-1-3-5-4;1-3-6-4-2-5-1;2*1-2-4-5-3-1;5-4-2-1-3-6-4;1-3-6-4-2-5-1;5-4-2-1-3-6-4;2*1-2-4-5-3-1;1-2-5-6-3-4-1;1-2-4-5-3-1/h7H,1-6H2;1,3,7H,2,4-6H2;1-2,7H,3-6H2;2*1-6H2;1,3H,2,4H2,(H,6,7);6H,1-5H2;1-2,6H,3-5H2;1-4H2;1-5H2;1-3H2,(H,5,6);5H,1-4H2;1-3H2,(H,5,6);1-2H,3H2,(H,5,6);5H,1-4H2;5H,1-4H2;1-2,5H,3-4H2;1-3H2;1-4H2;1-3H2;2*1-4H2;4-5H,1-3H2;1-3H2. The third-order valence-corrected chi connectivity index (χ3v) is 31.4. The number of hydrogen-bond donors (Lipinski definition) is 15. The van der Waals surface area contributed by atoms with E-state index in [9.17, 15) is 33.6 Å². The number of thioether (sulfide) groups is 7. The van der Waals surface area contributed by atoms with Crippen molar-refractivity contribution in [3.63, 3.8) is 0 Å². The van der Waals surface area contributed by atoms with E-state index in [1.807, 2.05) is 29.6 Å². The van der Waals surface area contributed by atoms with Crippen LogP contribution in [0.4, 0.5) is 0 Å². The molecule has 0 saturated carbocycles. The summed E-state index contributed by atoms with van der Waals surface area (Å²) in [6.45, 7) is 36.4. The maximum Gasteiger partial charge on any atom is 0.305 e. The van der Waals surface area contributed by atoms with Crippen molar-refractivity contribution in [2.75, 3.05) is 317 Å². The first-order valence-electron chi connectivity index (χ1n) is 56.7. The predicted octanol–water partition coefficient (Wildman–Crippen LogP) is 16.0. The molecule has 0 spiro atoms. The molecule has 147 heavy (non-hydrogen) atoms. The van der Waals surface area contributed by atoms with Gasteiger partial charge < -0.3 is 107 Å². The summed E-state index contributed by atoms with van der Waals surface area (Å²) in [5, 5.41) is 43.6. The second kappa shape index (κ2) is 127. The number of ether oxygens (including phenoxy) is 6.